The maximum atomic E-state index is 4.03. The molecule has 5 heteroatoms. The summed E-state index contributed by atoms with van der Waals surface area (Å²) >= 11 is 4.84. The minimum atomic E-state index is 0.366. The standard InChI is InChI=1S/C12H14BrN3S/c1-2-12(9-3-5-10(13)6-4-9)14-7-11-8-17-16-15-11/h3-6,8,12,14H,2,7H2,1H3. The van der Waals surface area contributed by atoms with E-state index >= 15 is 0 Å². The number of hydrogen-bond donors (Lipinski definition) is 1. The Morgan fingerprint density at radius 3 is 2.71 bits per heavy atom. The molecule has 0 amide bonds. The van der Waals surface area contributed by atoms with E-state index in [4.69, 9.17) is 0 Å². The topological polar surface area (TPSA) is 37.8 Å². The van der Waals surface area contributed by atoms with Crippen LogP contribution in [-0.2, 0) is 6.54 Å². The van der Waals surface area contributed by atoms with Crippen molar-refractivity contribution < 1.29 is 0 Å². The number of halogens is 1. The summed E-state index contributed by atoms with van der Waals surface area (Å²) in [6.07, 6.45) is 1.05. The average molecular weight is 312 g/mol. The Labute approximate surface area is 114 Å². The maximum absolute atomic E-state index is 4.03. The van der Waals surface area contributed by atoms with Crippen molar-refractivity contribution in [3.63, 3.8) is 0 Å². The molecule has 1 heterocycles. The van der Waals surface area contributed by atoms with Crippen molar-refractivity contribution in [1.29, 1.82) is 0 Å². The number of hydrogen-bond acceptors (Lipinski definition) is 4. The van der Waals surface area contributed by atoms with E-state index in [9.17, 15) is 0 Å². The summed E-state index contributed by atoms with van der Waals surface area (Å²) in [4.78, 5) is 0. The first-order valence-corrected chi connectivity index (χ1v) is 7.17. The SMILES string of the molecule is CCC(NCc1csnn1)c1ccc(Br)cc1. The Bertz CT molecular complexity index is 441. The summed E-state index contributed by atoms with van der Waals surface area (Å²) in [5.74, 6) is 0. The van der Waals surface area contributed by atoms with Crippen LogP contribution in [0.2, 0.25) is 0 Å². The molecule has 0 aliphatic rings. The lowest BCUT2D eigenvalue weighted by Crippen LogP contribution is -2.20. The van der Waals surface area contributed by atoms with Crippen LogP contribution >= 0.6 is 27.5 Å². The Balaban J connectivity index is 1.99. The van der Waals surface area contributed by atoms with Crippen molar-refractivity contribution in [1.82, 2.24) is 14.9 Å². The second-order valence-electron chi connectivity index (χ2n) is 3.79. The number of nitrogens with zero attached hydrogens (tertiary/aromatic N) is 2. The van der Waals surface area contributed by atoms with Crippen LogP contribution in [0.4, 0.5) is 0 Å². The van der Waals surface area contributed by atoms with Crippen molar-refractivity contribution in [3.05, 3.63) is 45.4 Å². The molecular weight excluding hydrogens is 298 g/mol. The Morgan fingerprint density at radius 1 is 1.35 bits per heavy atom. The van der Waals surface area contributed by atoms with Gasteiger partial charge in [0.2, 0.25) is 0 Å². The molecule has 0 spiro atoms. The molecule has 0 saturated heterocycles. The molecule has 1 aromatic heterocycles. The molecule has 1 atom stereocenters. The number of aromatic nitrogens is 2. The predicted molar refractivity (Wildman–Crippen MR) is 73.9 cm³/mol. The van der Waals surface area contributed by atoms with Gasteiger partial charge in [0, 0.05) is 22.4 Å². The van der Waals surface area contributed by atoms with E-state index in [1.165, 1.54) is 17.1 Å². The van der Waals surface area contributed by atoms with Crippen LogP contribution in [0.5, 0.6) is 0 Å². The highest BCUT2D eigenvalue weighted by molar-refractivity contribution is 9.10. The molecule has 0 fully saturated rings. The zero-order valence-electron chi connectivity index (χ0n) is 9.56. The molecule has 2 rings (SSSR count). The highest BCUT2D eigenvalue weighted by Gasteiger charge is 2.09. The van der Waals surface area contributed by atoms with Crippen molar-refractivity contribution in [2.24, 2.45) is 0 Å². The molecule has 1 N–H and O–H groups in total. The normalized spacial score (nSPS) is 12.6. The summed E-state index contributed by atoms with van der Waals surface area (Å²) in [6.45, 7) is 2.95. The van der Waals surface area contributed by atoms with Crippen molar-refractivity contribution in [2.75, 3.05) is 0 Å². The lowest BCUT2D eigenvalue weighted by Gasteiger charge is -2.16. The Kier molecular flexibility index (Phi) is 4.65. The zero-order valence-corrected chi connectivity index (χ0v) is 12.0. The number of rotatable bonds is 5. The second kappa shape index (κ2) is 6.23. The van der Waals surface area contributed by atoms with Gasteiger partial charge in [0.05, 0.1) is 5.69 Å². The second-order valence-corrected chi connectivity index (χ2v) is 5.32. The third-order valence-electron chi connectivity index (χ3n) is 2.62. The van der Waals surface area contributed by atoms with Gasteiger partial charge in [-0.3, -0.25) is 0 Å². The van der Waals surface area contributed by atoms with Gasteiger partial charge in [-0.2, -0.15) is 0 Å². The van der Waals surface area contributed by atoms with Gasteiger partial charge in [-0.05, 0) is 35.6 Å². The first-order chi connectivity index (χ1) is 8.29. The Morgan fingerprint density at radius 2 is 2.12 bits per heavy atom. The Hall–Kier alpha value is -0.780. The van der Waals surface area contributed by atoms with Gasteiger partial charge in [-0.25, -0.2) is 0 Å². The van der Waals surface area contributed by atoms with Gasteiger partial charge >= 0.3 is 0 Å². The highest BCUT2D eigenvalue weighted by Crippen LogP contribution is 2.19. The lowest BCUT2D eigenvalue weighted by atomic mass is 10.0. The number of benzene rings is 1. The van der Waals surface area contributed by atoms with Crippen LogP contribution in [0, 0.1) is 0 Å². The lowest BCUT2D eigenvalue weighted by molar-refractivity contribution is 0.514. The van der Waals surface area contributed by atoms with Gasteiger partial charge in [0.1, 0.15) is 0 Å². The fraction of sp³-hybridized carbons (Fsp3) is 0.333. The molecule has 90 valence electrons. The average Bonchev–Trinajstić information content (AvgIpc) is 2.85. The van der Waals surface area contributed by atoms with Crippen LogP contribution in [0.25, 0.3) is 0 Å². The van der Waals surface area contributed by atoms with E-state index in [0.717, 1.165) is 23.1 Å². The molecule has 0 radical (unpaired) electrons. The molecule has 2 aromatic rings. The van der Waals surface area contributed by atoms with Crippen LogP contribution in [0.1, 0.15) is 30.6 Å². The first-order valence-electron chi connectivity index (χ1n) is 5.54. The quantitative estimate of drug-likeness (QED) is 0.917. The van der Waals surface area contributed by atoms with Crippen molar-refractivity contribution in [2.45, 2.75) is 25.9 Å². The van der Waals surface area contributed by atoms with E-state index in [1.54, 1.807) is 0 Å². The molecular formula is C12H14BrN3S. The molecule has 1 unspecified atom stereocenters. The zero-order chi connectivity index (χ0) is 12.1. The maximum Gasteiger partial charge on any atom is 0.0893 e. The van der Waals surface area contributed by atoms with Crippen LogP contribution in [0.3, 0.4) is 0 Å². The van der Waals surface area contributed by atoms with E-state index in [0.29, 0.717) is 6.04 Å². The monoisotopic (exact) mass is 311 g/mol. The minimum Gasteiger partial charge on any atom is -0.304 e. The number of nitrogens with one attached hydrogen (secondary N) is 1. The molecule has 0 bridgehead atoms. The molecule has 0 aliphatic heterocycles. The summed E-state index contributed by atoms with van der Waals surface area (Å²) in [5.41, 5.74) is 2.31. The highest BCUT2D eigenvalue weighted by atomic mass is 79.9. The third kappa shape index (κ3) is 3.59. The van der Waals surface area contributed by atoms with Gasteiger partial charge in [0.25, 0.3) is 0 Å². The fourth-order valence-electron chi connectivity index (χ4n) is 1.68. The molecule has 3 nitrogen and oxygen atoms in total. The van der Waals surface area contributed by atoms with Crippen LogP contribution in [-0.4, -0.2) is 9.59 Å². The smallest absolute Gasteiger partial charge is 0.0893 e. The summed E-state index contributed by atoms with van der Waals surface area (Å²) in [6, 6.07) is 8.80. The van der Waals surface area contributed by atoms with Gasteiger partial charge in [-0.15, -0.1) is 5.10 Å². The van der Waals surface area contributed by atoms with Crippen molar-refractivity contribution >= 4 is 27.5 Å². The van der Waals surface area contributed by atoms with E-state index in [-0.39, 0.29) is 0 Å². The minimum absolute atomic E-state index is 0.366. The van der Waals surface area contributed by atoms with Gasteiger partial charge < -0.3 is 5.32 Å². The van der Waals surface area contributed by atoms with Crippen LogP contribution in [0.15, 0.2) is 34.1 Å². The van der Waals surface area contributed by atoms with Gasteiger partial charge in [0.15, 0.2) is 0 Å². The van der Waals surface area contributed by atoms with Crippen LogP contribution < -0.4 is 5.32 Å². The first kappa shape index (κ1) is 12.7. The molecule has 0 saturated carbocycles. The molecule has 17 heavy (non-hydrogen) atoms. The third-order valence-corrected chi connectivity index (χ3v) is 3.70. The summed E-state index contributed by atoms with van der Waals surface area (Å²) in [7, 11) is 0. The predicted octanol–water partition coefficient (Wildman–Crippen LogP) is 3.54. The van der Waals surface area contributed by atoms with E-state index in [1.807, 2.05) is 5.38 Å². The summed E-state index contributed by atoms with van der Waals surface area (Å²) < 4.78 is 4.97. The fourth-order valence-corrected chi connectivity index (χ4v) is 2.40. The van der Waals surface area contributed by atoms with E-state index < -0.39 is 0 Å². The molecule has 1 aromatic carbocycles. The summed E-state index contributed by atoms with van der Waals surface area (Å²) in [5, 5.41) is 9.50. The largest absolute Gasteiger partial charge is 0.304 e. The van der Waals surface area contributed by atoms with E-state index in [2.05, 4.69) is 62.0 Å². The van der Waals surface area contributed by atoms with Crippen molar-refractivity contribution in [3.8, 4) is 0 Å². The van der Waals surface area contributed by atoms with Gasteiger partial charge in [-0.1, -0.05) is 39.5 Å². The molecule has 0 aliphatic carbocycles.